The maximum Gasteiger partial charge on any atom is 0.328 e. The molecule has 0 amide bonds. The molecule has 0 aliphatic rings. The molecule has 0 atom stereocenters. The summed E-state index contributed by atoms with van der Waals surface area (Å²) in [5.74, 6) is -0.922. The van der Waals surface area contributed by atoms with Gasteiger partial charge in [0.15, 0.2) is 0 Å². The highest BCUT2D eigenvalue weighted by atomic mass is 16.4. The first-order valence-corrected chi connectivity index (χ1v) is 4.75. The fraction of sp³-hybridized carbons (Fsp3) is 0. The van der Waals surface area contributed by atoms with Crippen molar-refractivity contribution in [1.29, 1.82) is 0 Å². The first kappa shape index (κ1) is 20.1. The molecule has 0 heterocycles. The molecule has 0 unspecified atom stereocenters. The van der Waals surface area contributed by atoms with E-state index in [0.717, 1.165) is 11.6 Å². The number of hydrogen-bond acceptors (Lipinski definition) is 1. The minimum Gasteiger partial charge on any atom is -0.478 e. The van der Waals surface area contributed by atoms with Gasteiger partial charge in [-0.2, -0.15) is 0 Å². The minimum absolute atomic E-state index is 0.898. The van der Waals surface area contributed by atoms with Crippen LogP contribution in [0.2, 0.25) is 0 Å². The predicted octanol–water partition coefficient (Wildman–Crippen LogP) is 4.19. The Hall–Kier alpha value is -2.35. The number of benzene rings is 1. The van der Waals surface area contributed by atoms with E-state index in [9.17, 15) is 4.79 Å². The Labute approximate surface area is 104 Å². The van der Waals surface area contributed by atoms with E-state index in [0.29, 0.717) is 0 Å². The Kier molecular flexibility index (Phi) is 22.8. The first-order chi connectivity index (χ1) is 8.29. The van der Waals surface area contributed by atoms with Crippen LogP contribution in [0.5, 0.6) is 0 Å². The number of hydrogen-bond donors (Lipinski definition) is 1. The lowest BCUT2D eigenvalue weighted by atomic mass is 10.2. The molecular weight excluding hydrogens is 212 g/mol. The molecule has 0 aromatic heterocycles. The van der Waals surface area contributed by atoms with Gasteiger partial charge in [-0.15, -0.1) is 39.5 Å². The quantitative estimate of drug-likeness (QED) is 0.613. The maximum atomic E-state index is 10.1. The van der Waals surface area contributed by atoms with E-state index in [1.807, 2.05) is 30.3 Å². The topological polar surface area (TPSA) is 37.3 Å². The molecule has 2 heteroatoms. The summed E-state index contributed by atoms with van der Waals surface area (Å²) in [6.07, 6.45) is 2.68. The van der Waals surface area contributed by atoms with Crippen molar-refractivity contribution in [2.24, 2.45) is 0 Å². The van der Waals surface area contributed by atoms with Crippen LogP contribution in [0, 0.1) is 0 Å². The molecule has 0 bridgehead atoms. The molecule has 0 spiro atoms. The zero-order chi connectivity index (χ0) is 14.1. The second-order valence-corrected chi connectivity index (χ2v) is 2.08. The van der Waals surface area contributed by atoms with Gasteiger partial charge in [0.2, 0.25) is 0 Å². The largest absolute Gasteiger partial charge is 0.478 e. The fourth-order valence-electron chi connectivity index (χ4n) is 0.732. The van der Waals surface area contributed by atoms with E-state index in [4.69, 9.17) is 5.11 Å². The van der Waals surface area contributed by atoms with Crippen LogP contribution in [0.4, 0.5) is 0 Å². The second kappa shape index (κ2) is 19.3. The van der Waals surface area contributed by atoms with Gasteiger partial charge >= 0.3 is 5.97 Å². The smallest absolute Gasteiger partial charge is 0.328 e. The molecule has 1 aromatic carbocycles. The molecule has 1 rings (SSSR count). The van der Waals surface area contributed by atoms with Crippen LogP contribution in [0.25, 0.3) is 6.08 Å². The number of carboxylic acid groups (broad SMARTS) is 1. The minimum atomic E-state index is -0.922. The van der Waals surface area contributed by atoms with Gasteiger partial charge in [0.05, 0.1) is 0 Å². The Balaban J connectivity index is -0.000000285. The first-order valence-electron chi connectivity index (χ1n) is 4.75. The Morgan fingerprint density at radius 3 is 1.71 bits per heavy atom. The van der Waals surface area contributed by atoms with Gasteiger partial charge in [-0.25, -0.2) is 4.79 Å². The lowest BCUT2D eigenvalue weighted by Crippen LogP contribution is -1.85. The molecule has 0 radical (unpaired) electrons. The predicted molar refractivity (Wildman–Crippen MR) is 76.9 cm³/mol. The summed E-state index contributed by atoms with van der Waals surface area (Å²) in [5.41, 5.74) is 0.898. The molecule has 1 N–H and O–H groups in total. The maximum absolute atomic E-state index is 10.1. The molecule has 0 saturated carbocycles. The fourth-order valence-corrected chi connectivity index (χ4v) is 0.732. The summed E-state index contributed by atoms with van der Waals surface area (Å²) in [4.78, 5) is 10.1. The van der Waals surface area contributed by atoms with Crippen LogP contribution in [0.15, 0.2) is 75.9 Å². The van der Waals surface area contributed by atoms with E-state index in [-0.39, 0.29) is 0 Å². The molecule has 92 valence electrons. The van der Waals surface area contributed by atoms with E-state index in [1.165, 1.54) is 0 Å². The van der Waals surface area contributed by atoms with Crippen molar-refractivity contribution in [1.82, 2.24) is 0 Å². The molecule has 1 aromatic rings. The van der Waals surface area contributed by atoms with Gasteiger partial charge < -0.3 is 5.11 Å². The van der Waals surface area contributed by atoms with Crippen molar-refractivity contribution < 1.29 is 9.90 Å². The van der Waals surface area contributed by atoms with Crippen molar-refractivity contribution >= 4 is 12.0 Å². The number of carbonyl (C=O) groups is 1. The highest BCUT2D eigenvalue weighted by Gasteiger charge is 1.85. The van der Waals surface area contributed by atoms with Crippen LogP contribution in [0.1, 0.15) is 5.56 Å². The van der Waals surface area contributed by atoms with Gasteiger partial charge in [0.25, 0.3) is 0 Å². The van der Waals surface area contributed by atoms with Crippen LogP contribution < -0.4 is 0 Å². The SMILES string of the molecule is C=C.C=C.C=C.O=C(O)C=Cc1ccccc1. The Bertz CT molecular complexity index is 297. The van der Waals surface area contributed by atoms with Crippen LogP contribution in [-0.2, 0) is 4.79 Å². The molecule has 0 saturated heterocycles. The summed E-state index contributed by atoms with van der Waals surface area (Å²) in [5, 5.41) is 8.29. The summed E-state index contributed by atoms with van der Waals surface area (Å²) in [6, 6.07) is 9.31. The third-order valence-electron chi connectivity index (χ3n) is 1.22. The van der Waals surface area contributed by atoms with E-state index >= 15 is 0 Å². The lowest BCUT2D eigenvalue weighted by molar-refractivity contribution is -0.131. The van der Waals surface area contributed by atoms with Crippen molar-refractivity contribution in [3.05, 3.63) is 81.4 Å². The summed E-state index contributed by atoms with van der Waals surface area (Å²) < 4.78 is 0. The standard InChI is InChI=1S/C9H8O2.3C2H4/c10-9(11)7-6-8-4-2-1-3-5-8;3*1-2/h1-7H,(H,10,11);3*1-2H2. The average Bonchev–Trinajstić information content (AvgIpc) is 2.44. The zero-order valence-corrected chi connectivity index (χ0v) is 10.1. The Morgan fingerprint density at radius 1 is 0.941 bits per heavy atom. The third kappa shape index (κ3) is 16.3. The highest BCUT2D eigenvalue weighted by molar-refractivity contribution is 5.85. The van der Waals surface area contributed by atoms with Crippen molar-refractivity contribution in [3.63, 3.8) is 0 Å². The van der Waals surface area contributed by atoms with E-state index < -0.39 is 5.97 Å². The monoisotopic (exact) mass is 232 g/mol. The summed E-state index contributed by atoms with van der Waals surface area (Å²) in [7, 11) is 0. The number of aliphatic carboxylic acids is 1. The summed E-state index contributed by atoms with van der Waals surface area (Å²) in [6.45, 7) is 18.0. The molecule has 0 aliphatic heterocycles. The van der Waals surface area contributed by atoms with Gasteiger partial charge in [-0.3, -0.25) is 0 Å². The number of rotatable bonds is 2. The third-order valence-corrected chi connectivity index (χ3v) is 1.22. The van der Waals surface area contributed by atoms with Crippen molar-refractivity contribution in [3.8, 4) is 0 Å². The van der Waals surface area contributed by atoms with Gasteiger partial charge in [-0.05, 0) is 11.6 Å². The normalized spacial score (nSPS) is 7.29. The van der Waals surface area contributed by atoms with Crippen LogP contribution >= 0.6 is 0 Å². The Morgan fingerprint density at radius 2 is 1.35 bits per heavy atom. The molecular formula is C15H20O2. The summed E-state index contributed by atoms with van der Waals surface area (Å²) >= 11 is 0. The average molecular weight is 232 g/mol. The van der Waals surface area contributed by atoms with E-state index in [2.05, 4.69) is 39.5 Å². The van der Waals surface area contributed by atoms with Crippen molar-refractivity contribution in [2.75, 3.05) is 0 Å². The zero-order valence-electron chi connectivity index (χ0n) is 10.1. The van der Waals surface area contributed by atoms with Gasteiger partial charge in [0, 0.05) is 6.08 Å². The highest BCUT2D eigenvalue weighted by Crippen LogP contribution is 1.99. The lowest BCUT2D eigenvalue weighted by Gasteiger charge is -1.87. The van der Waals surface area contributed by atoms with Crippen LogP contribution in [0.3, 0.4) is 0 Å². The van der Waals surface area contributed by atoms with E-state index in [1.54, 1.807) is 6.08 Å². The molecule has 2 nitrogen and oxygen atoms in total. The molecule has 17 heavy (non-hydrogen) atoms. The van der Waals surface area contributed by atoms with Gasteiger partial charge in [0.1, 0.15) is 0 Å². The number of carboxylic acids is 1. The second-order valence-electron chi connectivity index (χ2n) is 2.08. The van der Waals surface area contributed by atoms with Gasteiger partial charge in [-0.1, -0.05) is 30.3 Å². The molecule has 0 fully saturated rings. The molecule has 0 aliphatic carbocycles. The van der Waals surface area contributed by atoms with Crippen molar-refractivity contribution in [2.45, 2.75) is 0 Å². The van der Waals surface area contributed by atoms with Crippen LogP contribution in [-0.4, -0.2) is 11.1 Å².